The number of anilines is 1. The second kappa shape index (κ2) is 5.24. The summed E-state index contributed by atoms with van der Waals surface area (Å²) in [7, 11) is 1.39. The summed E-state index contributed by atoms with van der Waals surface area (Å²) in [6.45, 7) is 0. The van der Waals surface area contributed by atoms with Crippen LogP contribution in [0.2, 0.25) is 0 Å². The van der Waals surface area contributed by atoms with E-state index in [1.165, 1.54) is 25.3 Å². The minimum atomic E-state index is -4.39. The molecule has 0 fully saturated rings. The van der Waals surface area contributed by atoms with E-state index in [1.54, 1.807) is 0 Å². The Morgan fingerprint density at radius 3 is 2.20 bits per heavy atom. The normalized spacial score (nSPS) is 11.2. The summed E-state index contributed by atoms with van der Waals surface area (Å²) in [4.78, 5) is 7.55. The number of hydrogen-bond acceptors (Lipinski definition) is 5. The lowest BCUT2D eigenvalue weighted by Gasteiger charge is -2.09. The molecule has 1 heterocycles. The maximum absolute atomic E-state index is 12.4. The average molecular weight is 285 g/mol. The predicted molar refractivity (Wildman–Crippen MR) is 64.5 cm³/mol. The van der Waals surface area contributed by atoms with Gasteiger partial charge in [0.05, 0.1) is 18.7 Å². The lowest BCUT2D eigenvalue weighted by molar-refractivity contribution is -0.137. The van der Waals surface area contributed by atoms with Crippen molar-refractivity contribution in [1.29, 1.82) is 0 Å². The number of aromatic nitrogens is 2. The van der Waals surface area contributed by atoms with E-state index in [0.717, 1.165) is 12.1 Å². The third-order valence-corrected chi connectivity index (χ3v) is 2.31. The van der Waals surface area contributed by atoms with Crippen LogP contribution in [0, 0.1) is 0 Å². The molecule has 0 aliphatic carbocycles. The highest BCUT2D eigenvalue weighted by molar-refractivity contribution is 5.35. The van der Waals surface area contributed by atoms with Crippen molar-refractivity contribution in [3.8, 4) is 17.5 Å². The number of nitrogen functional groups attached to an aromatic ring is 1. The Labute approximate surface area is 112 Å². The molecule has 8 heteroatoms. The van der Waals surface area contributed by atoms with Crippen molar-refractivity contribution in [2.75, 3.05) is 12.8 Å². The van der Waals surface area contributed by atoms with Gasteiger partial charge >= 0.3 is 6.18 Å². The molecule has 20 heavy (non-hydrogen) atoms. The van der Waals surface area contributed by atoms with Crippen molar-refractivity contribution < 1.29 is 22.6 Å². The Balaban J connectivity index is 2.20. The Bertz CT molecular complexity index is 600. The quantitative estimate of drug-likeness (QED) is 0.939. The Hall–Kier alpha value is -2.51. The molecule has 0 radical (unpaired) electrons. The number of nitrogens with two attached hydrogens (primary N) is 1. The van der Waals surface area contributed by atoms with E-state index in [4.69, 9.17) is 15.2 Å². The van der Waals surface area contributed by atoms with Gasteiger partial charge in [0, 0.05) is 0 Å². The van der Waals surface area contributed by atoms with Crippen molar-refractivity contribution >= 4 is 5.95 Å². The van der Waals surface area contributed by atoms with Crippen molar-refractivity contribution in [3.05, 3.63) is 35.9 Å². The highest BCUT2D eigenvalue weighted by Crippen LogP contribution is 2.31. The average Bonchev–Trinajstić information content (AvgIpc) is 2.37. The molecule has 0 saturated heterocycles. The summed E-state index contributed by atoms with van der Waals surface area (Å²) in [5.41, 5.74) is 4.68. The van der Waals surface area contributed by atoms with Gasteiger partial charge in [-0.05, 0) is 24.3 Å². The maximum atomic E-state index is 12.4. The molecule has 106 valence electrons. The molecule has 1 aromatic heterocycles. The summed E-state index contributed by atoms with van der Waals surface area (Å²) < 4.78 is 47.4. The lowest BCUT2D eigenvalue weighted by Crippen LogP contribution is -2.04. The molecule has 1 aromatic carbocycles. The summed E-state index contributed by atoms with van der Waals surface area (Å²) in [6.07, 6.45) is -4.39. The van der Waals surface area contributed by atoms with Crippen molar-refractivity contribution in [1.82, 2.24) is 9.97 Å². The SMILES string of the molecule is COc1cc(Oc2ccc(C(F)(F)F)cc2)nc(N)n1. The molecular weight excluding hydrogens is 275 g/mol. The molecule has 0 bridgehead atoms. The Morgan fingerprint density at radius 1 is 1.05 bits per heavy atom. The number of methoxy groups -OCH3 is 1. The molecule has 5 nitrogen and oxygen atoms in total. The van der Waals surface area contributed by atoms with Gasteiger partial charge in [0.15, 0.2) is 0 Å². The molecule has 0 aliphatic heterocycles. The summed E-state index contributed by atoms with van der Waals surface area (Å²) in [5.74, 6) is 0.401. The van der Waals surface area contributed by atoms with Gasteiger partial charge in [-0.15, -0.1) is 0 Å². The summed E-state index contributed by atoms with van der Waals surface area (Å²) in [6, 6.07) is 5.57. The first kappa shape index (κ1) is 13.9. The van der Waals surface area contributed by atoms with Crippen molar-refractivity contribution in [2.24, 2.45) is 0 Å². The van der Waals surface area contributed by atoms with Crippen LogP contribution in [-0.4, -0.2) is 17.1 Å². The number of nitrogens with zero attached hydrogens (tertiary/aromatic N) is 2. The highest BCUT2D eigenvalue weighted by atomic mass is 19.4. The van der Waals surface area contributed by atoms with Crippen LogP contribution in [0.1, 0.15) is 5.56 Å². The van der Waals surface area contributed by atoms with Gasteiger partial charge in [-0.1, -0.05) is 0 Å². The molecule has 0 amide bonds. The largest absolute Gasteiger partial charge is 0.481 e. The number of alkyl halides is 3. The van der Waals surface area contributed by atoms with Gasteiger partial charge in [0.1, 0.15) is 5.75 Å². The van der Waals surface area contributed by atoms with Gasteiger partial charge in [0.25, 0.3) is 0 Å². The molecule has 0 spiro atoms. The molecule has 0 aliphatic rings. The van der Waals surface area contributed by atoms with Crippen LogP contribution >= 0.6 is 0 Å². The standard InChI is InChI=1S/C12H10F3N3O2/c1-19-9-6-10(18-11(16)17-9)20-8-4-2-7(3-5-8)12(13,14)15/h2-6H,1H3,(H2,16,17,18). The van der Waals surface area contributed by atoms with E-state index >= 15 is 0 Å². The van der Waals surface area contributed by atoms with Gasteiger partial charge in [-0.2, -0.15) is 23.1 Å². The molecule has 0 saturated carbocycles. The first-order valence-corrected chi connectivity index (χ1v) is 5.42. The fourth-order valence-corrected chi connectivity index (χ4v) is 1.41. The number of ether oxygens (including phenoxy) is 2. The maximum Gasteiger partial charge on any atom is 0.416 e. The summed E-state index contributed by atoms with van der Waals surface area (Å²) in [5, 5.41) is 0. The third kappa shape index (κ3) is 3.28. The van der Waals surface area contributed by atoms with Gasteiger partial charge in [-0.3, -0.25) is 0 Å². The molecule has 0 unspecified atom stereocenters. The lowest BCUT2D eigenvalue weighted by atomic mass is 10.2. The van der Waals surface area contributed by atoms with Crippen LogP contribution in [-0.2, 0) is 6.18 Å². The minimum Gasteiger partial charge on any atom is -0.481 e. The Morgan fingerprint density at radius 2 is 1.65 bits per heavy atom. The minimum absolute atomic E-state index is 0.0636. The smallest absolute Gasteiger partial charge is 0.416 e. The van der Waals surface area contributed by atoms with Gasteiger partial charge < -0.3 is 15.2 Å². The molecule has 0 atom stereocenters. The third-order valence-electron chi connectivity index (χ3n) is 2.31. The zero-order chi connectivity index (χ0) is 14.8. The zero-order valence-electron chi connectivity index (χ0n) is 10.3. The molecule has 2 N–H and O–H groups in total. The number of hydrogen-bond donors (Lipinski definition) is 1. The summed E-state index contributed by atoms with van der Waals surface area (Å²) >= 11 is 0. The molecule has 2 aromatic rings. The van der Waals surface area contributed by atoms with E-state index in [0.29, 0.717) is 0 Å². The van der Waals surface area contributed by atoms with Crippen LogP contribution in [0.15, 0.2) is 30.3 Å². The fourth-order valence-electron chi connectivity index (χ4n) is 1.41. The highest BCUT2D eigenvalue weighted by Gasteiger charge is 2.30. The van der Waals surface area contributed by atoms with E-state index in [1.807, 2.05) is 0 Å². The van der Waals surface area contributed by atoms with Gasteiger partial charge in [-0.25, -0.2) is 0 Å². The fraction of sp³-hybridized carbons (Fsp3) is 0.167. The van der Waals surface area contributed by atoms with Crippen LogP contribution in [0.3, 0.4) is 0 Å². The van der Waals surface area contributed by atoms with E-state index in [2.05, 4.69) is 9.97 Å². The van der Waals surface area contributed by atoms with Crippen LogP contribution < -0.4 is 15.2 Å². The van der Waals surface area contributed by atoms with E-state index in [9.17, 15) is 13.2 Å². The van der Waals surface area contributed by atoms with Crippen molar-refractivity contribution in [3.63, 3.8) is 0 Å². The monoisotopic (exact) mass is 285 g/mol. The van der Waals surface area contributed by atoms with E-state index < -0.39 is 11.7 Å². The second-order valence-corrected chi connectivity index (χ2v) is 3.73. The Kier molecular flexibility index (Phi) is 3.64. The topological polar surface area (TPSA) is 70.3 Å². The van der Waals surface area contributed by atoms with Crippen LogP contribution in [0.5, 0.6) is 17.5 Å². The van der Waals surface area contributed by atoms with Crippen LogP contribution in [0.25, 0.3) is 0 Å². The second-order valence-electron chi connectivity index (χ2n) is 3.73. The van der Waals surface area contributed by atoms with Crippen molar-refractivity contribution in [2.45, 2.75) is 6.18 Å². The predicted octanol–water partition coefficient (Wildman–Crippen LogP) is 2.88. The molecular formula is C12H10F3N3O2. The molecule has 2 rings (SSSR count). The number of rotatable bonds is 3. The van der Waals surface area contributed by atoms with Crippen LogP contribution in [0.4, 0.5) is 19.1 Å². The zero-order valence-corrected chi connectivity index (χ0v) is 10.3. The number of benzene rings is 1. The van der Waals surface area contributed by atoms with Gasteiger partial charge in [0.2, 0.25) is 17.7 Å². The van der Waals surface area contributed by atoms with E-state index in [-0.39, 0.29) is 23.5 Å². The first-order valence-electron chi connectivity index (χ1n) is 5.42. The first-order chi connectivity index (χ1) is 9.38. The number of halogens is 3.